The zero-order valence-electron chi connectivity index (χ0n) is 13.5. The van der Waals surface area contributed by atoms with Crippen LogP contribution in [0.1, 0.15) is 67.2 Å². The second-order valence-electron chi connectivity index (χ2n) is 8.13. The molecule has 2 fully saturated rings. The molecule has 110 valence electrons. The monoisotopic (exact) mass is 266 g/mol. The fourth-order valence-electron chi connectivity index (χ4n) is 4.09. The third-order valence-corrected chi connectivity index (χ3v) is 5.11. The van der Waals surface area contributed by atoms with Crippen LogP contribution in [0.5, 0.6) is 0 Å². The Balaban J connectivity index is 2.31. The van der Waals surface area contributed by atoms with Gasteiger partial charge in [0.05, 0.1) is 5.60 Å². The van der Waals surface area contributed by atoms with Crippen LogP contribution in [0.4, 0.5) is 0 Å². The first-order valence-corrected chi connectivity index (χ1v) is 7.55. The van der Waals surface area contributed by atoms with Crippen molar-refractivity contribution in [2.45, 2.75) is 84.2 Å². The van der Waals surface area contributed by atoms with Crippen LogP contribution in [0.3, 0.4) is 0 Å². The fourth-order valence-corrected chi connectivity index (χ4v) is 4.09. The summed E-state index contributed by atoms with van der Waals surface area (Å²) in [4.78, 5) is 0. The highest BCUT2D eigenvalue weighted by Gasteiger charge is 2.63. The minimum absolute atomic E-state index is 0.181. The molecule has 0 unspecified atom stereocenters. The molecule has 2 aliphatic rings. The van der Waals surface area contributed by atoms with Crippen molar-refractivity contribution in [1.29, 1.82) is 0 Å². The molecule has 19 heavy (non-hydrogen) atoms. The van der Waals surface area contributed by atoms with E-state index in [9.17, 15) is 0 Å². The van der Waals surface area contributed by atoms with Crippen molar-refractivity contribution in [3.05, 3.63) is 12.7 Å². The van der Waals surface area contributed by atoms with Crippen molar-refractivity contribution in [3.63, 3.8) is 0 Å². The standard InChI is InChI=1S/C17H30O2/c1-8-10-17-11-9-13(14(2,3)4)12-16(17,7)18-15(5,6)19-17/h8,13H,1,9-12H2,2-7H3/t13-,16-,17+/m1/s1. The SMILES string of the molecule is C=CC[C@]12CC[C@@H](C(C)(C)C)C[C@@]1(C)OC(C)(C)O2. The molecule has 1 saturated carbocycles. The first-order chi connectivity index (χ1) is 8.54. The molecule has 2 heteroatoms. The Morgan fingerprint density at radius 3 is 2.37 bits per heavy atom. The van der Waals surface area contributed by atoms with Gasteiger partial charge >= 0.3 is 0 Å². The summed E-state index contributed by atoms with van der Waals surface area (Å²) in [5.41, 5.74) is -0.0413. The molecule has 1 aliphatic heterocycles. The average Bonchev–Trinajstić information content (AvgIpc) is 2.40. The van der Waals surface area contributed by atoms with Gasteiger partial charge in [0.1, 0.15) is 5.60 Å². The predicted octanol–water partition coefficient (Wildman–Crippen LogP) is 4.69. The quantitative estimate of drug-likeness (QED) is 0.675. The van der Waals surface area contributed by atoms with Crippen molar-refractivity contribution in [1.82, 2.24) is 0 Å². The molecule has 0 aromatic carbocycles. The van der Waals surface area contributed by atoms with Crippen LogP contribution in [-0.2, 0) is 9.47 Å². The van der Waals surface area contributed by atoms with Crippen molar-refractivity contribution in [2.24, 2.45) is 11.3 Å². The normalized spacial score (nSPS) is 41.9. The number of fused-ring (bicyclic) bond motifs is 1. The van der Waals surface area contributed by atoms with Crippen LogP contribution in [0, 0.1) is 11.3 Å². The lowest BCUT2D eigenvalue weighted by Gasteiger charge is -2.49. The Morgan fingerprint density at radius 1 is 1.21 bits per heavy atom. The Bertz CT molecular complexity index is 366. The van der Waals surface area contributed by atoms with Gasteiger partial charge in [-0.25, -0.2) is 0 Å². The van der Waals surface area contributed by atoms with Gasteiger partial charge in [-0.15, -0.1) is 6.58 Å². The van der Waals surface area contributed by atoms with E-state index < -0.39 is 5.79 Å². The zero-order valence-corrected chi connectivity index (χ0v) is 13.5. The van der Waals surface area contributed by atoms with Crippen LogP contribution >= 0.6 is 0 Å². The maximum Gasteiger partial charge on any atom is 0.164 e. The molecular formula is C17H30O2. The highest BCUT2D eigenvalue weighted by molar-refractivity contribution is 5.12. The summed E-state index contributed by atoms with van der Waals surface area (Å²) >= 11 is 0. The molecule has 0 amide bonds. The molecule has 0 aromatic heterocycles. The van der Waals surface area contributed by atoms with Crippen molar-refractivity contribution >= 4 is 0 Å². The molecule has 0 aromatic rings. The molecule has 3 atom stereocenters. The summed E-state index contributed by atoms with van der Waals surface area (Å²) < 4.78 is 12.7. The lowest BCUT2D eigenvalue weighted by Crippen LogP contribution is -2.55. The van der Waals surface area contributed by atoms with Gasteiger partial charge in [0.15, 0.2) is 5.79 Å². The molecule has 1 saturated heterocycles. The van der Waals surface area contributed by atoms with Crippen molar-refractivity contribution < 1.29 is 9.47 Å². The molecule has 0 spiro atoms. The third-order valence-electron chi connectivity index (χ3n) is 5.11. The first-order valence-electron chi connectivity index (χ1n) is 7.55. The molecule has 2 nitrogen and oxygen atoms in total. The van der Waals surface area contributed by atoms with E-state index in [-0.39, 0.29) is 11.2 Å². The van der Waals surface area contributed by atoms with Gasteiger partial charge in [-0.1, -0.05) is 26.8 Å². The molecule has 1 heterocycles. The van der Waals surface area contributed by atoms with Gasteiger partial charge in [0.25, 0.3) is 0 Å². The second kappa shape index (κ2) is 4.33. The third kappa shape index (κ3) is 2.50. The van der Waals surface area contributed by atoms with Crippen LogP contribution < -0.4 is 0 Å². The summed E-state index contributed by atoms with van der Waals surface area (Å²) in [5, 5.41) is 0. The molecule has 0 radical (unpaired) electrons. The van der Waals surface area contributed by atoms with Crippen LogP contribution in [0.25, 0.3) is 0 Å². The van der Waals surface area contributed by atoms with E-state index in [0.29, 0.717) is 11.3 Å². The number of hydrogen-bond acceptors (Lipinski definition) is 2. The van der Waals surface area contributed by atoms with E-state index in [2.05, 4.69) is 34.3 Å². The molecule has 2 rings (SSSR count). The topological polar surface area (TPSA) is 18.5 Å². The highest BCUT2D eigenvalue weighted by atomic mass is 16.8. The lowest BCUT2D eigenvalue weighted by atomic mass is 9.61. The van der Waals surface area contributed by atoms with Crippen LogP contribution in [0.2, 0.25) is 0 Å². The molecule has 1 aliphatic carbocycles. The van der Waals surface area contributed by atoms with Crippen molar-refractivity contribution in [2.75, 3.05) is 0 Å². The molecule has 0 bridgehead atoms. The van der Waals surface area contributed by atoms with Gasteiger partial charge in [0, 0.05) is 0 Å². The minimum atomic E-state index is -0.482. The van der Waals surface area contributed by atoms with E-state index in [4.69, 9.17) is 9.47 Å². The Hall–Kier alpha value is -0.340. The van der Waals surface area contributed by atoms with Gasteiger partial charge in [-0.3, -0.25) is 0 Å². The molecule has 0 N–H and O–H groups in total. The largest absolute Gasteiger partial charge is 0.341 e. The number of rotatable bonds is 2. The summed E-state index contributed by atoms with van der Waals surface area (Å²) in [6, 6.07) is 0. The summed E-state index contributed by atoms with van der Waals surface area (Å²) in [6.45, 7) is 17.2. The maximum absolute atomic E-state index is 6.35. The number of hydrogen-bond donors (Lipinski definition) is 0. The molecular weight excluding hydrogens is 236 g/mol. The Kier molecular flexibility index (Phi) is 3.43. The zero-order chi connectivity index (χ0) is 14.5. The predicted molar refractivity (Wildman–Crippen MR) is 79.0 cm³/mol. The van der Waals surface area contributed by atoms with Gasteiger partial charge in [0.2, 0.25) is 0 Å². The van der Waals surface area contributed by atoms with Gasteiger partial charge < -0.3 is 9.47 Å². The highest BCUT2D eigenvalue weighted by Crippen LogP contribution is 2.57. The first kappa shape index (κ1) is 15.1. The lowest BCUT2D eigenvalue weighted by molar-refractivity contribution is -0.168. The van der Waals surface area contributed by atoms with Gasteiger partial charge in [-0.2, -0.15) is 0 Å². The van der Waals surface area contributed by atoms with E-state index in [0.717, 1.165) is 19.3 Å². The summed E-state index contributed by atoms with van der Waals surface area (Å²) in [5.74, 6) is 0.206. The van der Waals surface area contributed by atoms with Crippen molar-refractivity contribution in [3.8, 4) is 0 Å². The smallest absolute Gasteiger partial charge is 0.164 e. The average molecular weight is 266 g/mol. The Morgan fingerprint density at radius 2 is 1.84 bits per heavy atom. The van der Waals surface area contributed by atoms with E-state index in [1.807, 2.05) is 19.9 Å². The van der Waals surface area contributed by atoms with Crippen LogP contribution in [-0.4, -0.2) is 17.0 Å². The fraction of sp³-hybridized carbons (Fsp3) is 0.882. The minimum Gasteiger partial charge on any atom is -0.341 e. The summed E-state index contributed by atoms with van der Waals surface area (Å²) in [7, 11) is 0. The van der Waals surface area contributed by atoms with Gasteiger partial charge in [-0.05, 0) is 57.8 Å². The maximum atomic E-state index is 6.35. The van der Waals surface area contributed by atoms with E-state index in [1.165, 1.54) is 6.42 Å². The number of ether oxygens (including phenoxy) is 2. The summed E-state index contributed by atoms with van der Waals surface area (Å²) in [6.07, 6.45) is 6.23. The van der Waals surface area contributed by atoms with E-state index in [1.54, 1.807) is 0 Å². The van der Waals surface area contributed by atoms with Crippen LogP contribution in [0.15, 0.2) is 12.7 Å². The second-order valence-corrected chi connectivity index (χ2v) is 8.13. The Labute approximate surface area is 118 Å². The van der Waals surface area contributed by atoms with E-state index >= 15 is 0 Å².